The number of halogens is 2. The van der Waals surface area contributed by atoms with Crippen LogP contribution in [0.2, 0.25) is 0 Å². The maximum absolute atomic E-state index is 13.6. The van der Waals surface area contributed by atoms with Crippen LogP contribution in [0.25, 0.3) is 0 Å². The molecule has 2 aromatic rings. The Hall–Kier alpha value is -1.74. The summed E-state index contributed by atoms with van der Waals surface area (Å²) in [5.41, 5.74) is 8.80. The zero-order valence-corrected chi connectivity index (χ0v) is 12.4. The lowest BCUT2D eigenvalue weighted by Crippen LogP contribution is -2.26. The molecule has 0 saturated carbocycles. The van der Waals surface area contributed by atoms with Gasteiger partial charge >= 0.3 is 0 Å². The smallest absolute Gasteiger partial charge is 0.162 e. The van der Waals surface area contributed by atoms with Crippen molar-refractivity contribution in [2.24, 2.45) is 5.73 Å². The fraction of sp³-hybridized carbons (Fsp3) is 0.333. The molecule has 0 aromatic heterocycles. The third kappa shape index (κ3) is 4.11. The van der Waals surface area contributed by atoms with Gasteiger partial charge in [0.15, 0.2) is 11.6 Å². The molecule has 0 spiro atoms. The highest BCUT2D eigenvalue weighted by Gasteiger charge is 2.12. The van der Waals surface area contributed by atoms with Crippen molar-refractivity contribution >= 4 is 0 Å². The topological polar surface area (TPSA) is 26.0 Å². The molecule has 0 heterocycles. The second-order valence-corrected chi connectivity index (χ2v) is 5.78. The van der Waals surface area contributed by atoms with Gasteiger partial charge in [-0.2, -0.15) is 0 Å². The summed E-state index contributed by atoms with van der Waals surface area (Å²) in [6.45, 7) is 4.29. The highest BCUT2D eigenvalue weighted by molar-refractivity contribution is 5.26. The van der Waals surface area contributed by atoms with Crippen molar-refractivity contribution < 1.29 is 8.78 Å². The van der Waals surface area contributed by atoms with E-state index in [1.165, 1.54) is 11.6 Å². The normalized spacial score (nSPS) is 12.7. The fourth-order valence-electron chi connectivity index (χ4n) is 2.40. The lowest BCUT2D eigenvalue weighted by atomic mass is 9.96. The summed E-state index contributed by atoms with van der Waals surface area (Å²) in [4.78, 5) is 0. The minimum atomic E-state index is -0.819. The fourth-order valence-corrected chi connectivity index (χ4v) is 2.40. The van der Waals surface area contributed by atoms with Crippen molar-refractivity contribution in [2.75, 3.05) is 0 Å². The molecule has 0 aliphatic heterocycles. The summed E-state index contributed by atoms with van der Waals surface area (Å²) in [7, 11) is 0. The molecule has 1 unspecified atom stereocenters. The maximum atomic E-state index is 13.6. The third-order valence-electron chi connectivity index (χ3n) is 3.66. The highest BCUT2D eigenvalue weighted by Crippen LogP contribution is 2.17. The van der Waals surface area contributed by atoms with E-state index >= 15 is 0 Å². The van der Waals surface area contributed by atoms with Gasteiger partial charge in [0.2, 0.25) is 0 Å². The summed E-state index contributed by atoms with van der Waals surface area (Å²) in [5.74, 6) is -1.11. The summed E-state index contributed by atoms with van der Waals surface area (Å²) in [6, 6.07) is 12.3. The van der Waals surface area contributed by atoms with E-state index in [0.717, 1.165) is 11.6 Å². The van der Waals surface area contributed by atoms with Crippen molar-refractivity contribution in [2.45, 2.75) is 38.6 Å². The molecule has 21 heavy (non-hydrogen) atoms. The molecule has 0 radical (unpaired) electrons. The summed E-state index contributed by atoms with van der Waals surface area (Å²) in [6.07, 6.45) is 0.976. The van der Waals surface area contributed by atoms with E-state index in [4.69, 9.17) is 5.73 Å². The second-order valence-electron chi connectivity index (χ2n) is 5.78. The average molecular weight is 289 g/mol. The first kappa shape index (κ1) is 15.6. The number of rotatable bonds is 5. The molecule has 112 valence electrons. The number of nitrogens with two attached hydrogens (primary N) is 1. The molecule has 0 bridgehead atoms. The van der Waals surface area contributed by atoms with E-state index in [0.29, 0.717) is 24.3 Å². The largest absolute Gasteiger partial charge is 0.327 e. The molecule has 0 saturated heterocycles. The van der Waals surface area contributed by atoms with Gasteiger partial charge in [-0.3, -0.25) is 0 Å². The van der Waals surface area contributed by atoms with Crippen LogP contribution in [0.15, 0.2) is 42.5 Å². The predicted octanol–water partition coefficient (Wildman–Crippen LogP) is 4.20. The van der Waals surface area contributed by atoms with Gasteiger partial charge in [-0.1, -0.05) is 50.2 Å². The first-order valence-electron chi connectivity index (χ1n) is 7.24. The molecule has 2 rings (SSSR count). The van der Waals surface area contributed by atoms with Crippen LogP contribution in [0, 0.1) is 11.6 Å². The van der Waals surface area contributed by atoms with Gasteiger partial charge in [0, 0.05) is 6.04 Å². The van der Waals surface area contributed by atoms with Gasteiger partial charge in [-0.05, 0) is 41.5 Å². The lowest BCUT2D eigenvalue weighted by Gasteiger charge is -2.13. The van der Waals surface area contributed by atoms with Crippen LogP contribution < -0.4 is 5.73 Å². The van der Waals surface area contributed by atoms with Gasteiger partial charge in [0.25, 0.3) is 0 Å². The Labute approximate surface area is 124 Å². The Kier molecular flexibility index (Phi) is 5.07. The van der Waals surface area contributed by atoms with E-state index in [1.807, 2.05) is 0 Å². The van der Waals surface area contributed by atoms with Crippen molar-refractivity contribution in [3.63, 3.8) is 0 Å². The van der Waals surface area contributed by atoms with Crippen LogP contribution in [0.3, 0.4) is 0 Å². The summed E-state index contributed by atoms with van der Waals surface area (Å²) >= 11 is 0. The van der Waals surface area contributed by atoms with E-state index in [1.54, 1.807) is 6.07 Å². The predicted molar refractivity (Wildman–Crippen MR) is 82.3 cm³/mol. The second kappa shape index (κ2) is 6.81. The Morgan fingerprint density at radius 2 is 1.62 bits per heavy atom. The standard InChI is InChI=1S/C18H21F2N/c1-12(2)14-8-6-13(7-9-14)10-16(21)11-15-4-3-5-17(19)18(15)20/h3-9,12,16H,10-11,21H2,1-2H3. The van der Waals surface area contributed by atoms with Crippen molar-refractivity contribution in [3.8, 4) is 0 Å². The first-order chi connectivity index (χ1) is 9.97. The van der Waals surface area contributed by atoms with Gasteiger partial charge in [0.1, 0.15) is 0 Å². The van der Waals surface area contributed by atoms with E-state index in [-0.39, 0.29) is 6.04 Å². The third-order valence-corrected chi connectivity index (χ3v) is 3.66. The Balaban J connectivity index is 2.01. The zero-order valence-electron chi connectivity index (χ0n) is 12.4. The van der Waals surface area contributed by atoms with Crippen LogP contribution in [0.5, 0.6) is 0 Å². The van der Waals surface area contributed by atoms with Crippen LogP contribution in [-0.2, 0) is 12.8 Å². The zero-order chi connectivity index (χ0) is 15.4. The number of benzene rings is 2. The van der Waals surface area contributed by atoms with Gasteiger partial charge in [-0.15, -0.1) is 0 Å². The molecule has 2 aromatic carbocycles. The molecule has 0 aliphatic carbocycles. The van der Waals surface area contributed by atoms with Crippen LogP contribution in [-0.4, -0.2) is 6.04 Å². The highest BCUT2D eigenvalue weighted by atomic mass is 19.2. The van der Waals surface area contributed by atoms with Gasteiger partial charge in [-0.25, -0.2) is 8.78 Å². The minimum absolute atomic E-state index is 0.230. The SMILES string of the molecule is CC(C)c1ccc(CC(N)Cc2cccc(F)c2F)cc1. The number of hydrogen-bond acceptors (Lipinski definition) is 1. The molecule has 0 fully saturated rings. The Morgan fingerprint density at radius 3 is 2.24 bits per heavy atom. The monoisotopic (exact) mass is 289 g/mol. The van der Waals surface area contributed by atoms with E-state index in [2.05, 4.69) is 38.1 Å². The molecular formula is C18H21F2N. The molecule has 0 amide bonds. The number of hydrogen-bond donors (Lipinski definition) is 1. The van der Waals surface area contributed by atoms with Crippen LogP contribution >= 0.6 is 0 Å². The summed E-state index contributed by atoms with van der Waals surface area (Å²) in [5, 5.41) is 0. The Bertz CT molecular complexity index is 591. The quantitative estimate of drug-likeness (QED) is 0.877. The van der Waals surface area contributed by atoms with E-state index in [9.17, 15) is 8.78 Å². The molecular weight excluding hydrogens is 268 g/mol. The average Bonchev–Trinajstić information content (AvgIpc) is 2.44. The van der Waals surface area contributed by atoms with E-state index < -0.39 is 11.6 Å². The van der Waals surface area contributed by atoms with Gasteiger partial charge in [0.05, 0.1) is 0 Å². The lowest BCUT2D eigenvalue weighted by molar-refractivity contribution is 0.492. The van der Waals surface area contributed by atoms with Crippen molar-refractivity contribution in [3.05, 3.63) is 70.8 Å². The van der Waals surface area contributed by atoms with Crippen molar-refractivity contribution in [1.29, 1.82) is 0 Å². The minimum Gasteiger partial charge on any atom is -0.327 e. The Morgan fingerprint density at radius 1 is 0.952 bits per heavy atom. The summed E-state index contributed by atoms with van der Waals surface area (Å²) < 4.78 is 26.8. The van der Waals surface area contributed by atoms with Crippen LogP contribution in [0.1, 0.15) is 36.5 Å². The molecule has 3 heteroatoms. The van der Waals surface area contributed by atoms with Crippen LogP contribution in [0.4, 0.5) is 8.78 Å². The maximum Gasteiger partial charge on any atom is 0.162 e. The molecule has 0 aliphatic rings. The van der Waals surface area contributed by atoms with Crippen molar-refractivity contribution in [1.82, 2.24) is 0 Å². The van der Waals surface area contributed by atoms with Gasteiger partial charge < -0.3 is 5.73 Å². The first-order valence-corrected chi connectivity index (χ1v) is 7.24. The molecule has 1 atom stereocenters. The molecule has 1 nitrogen and oxygen atoms in total. The molecule has 2 N–H and O–H groups in total.